The van der Waals surface area contributed by atoms with Gasteiger partial charge in [-0.3, -0.25) is 9.48 Å². The SMILES string of the molecule is CN(C)C[C@@H]1OCCN(C(=O)c2ccn(C(C)(C)C)c2)[C@H]1c1cnn(C)c1. The number of rotatable bonds is 4. The molecule has 0 N–H and O–H groups in total. The number of nitrogens with zero attached hydrogens (tertiary/aromatic N) is 5. The Kier molecular flexibility index (Phi) is 5.44. The molecule has 0 unspecified atom stereocenters. The monoisotopic (exact) mass is 373 g/mol. The number of amides is 1. The minimum atomic E-state index is -0.152. The highest BCUT2D eigenvalue weighted by molar-refractivity contribution is 5.94. The van der Waals surface area contributed by atoms with Gasteiger partial charge in [-0.1, -0.05) is 0 Å². The summed E-state index contributed by atoms with van der Waals surface area (Å²) in [6, 6.07) is 1.75. The van der Waals surface area contributed by atoms with Gasteiger partial charge in [0.15, 0.2) is 0 Å². The molecule has 0 aliphatic carbocycles. The predicted octanol–water partition coefficient (Wildman–Crippen LogP) is 2.12. The lowest BCUT2D eigenvalue weighted by molar-refractivity contribution is -0.0684. The van der Waals surface area contributed by atoms with Crippen LogP contribution in [0.4, 0.5) is 0 Å². The first-order valence-electron chi connectivity index (χ1n) is 9.41. The van der Waals surface area contributed by atoms with E-state index in [4.69, 9.17) is 4.74 Å². The smallest absolute Gasteiger partial charge is 0.256 e. The Labute approximate surface area is 161 Å². The summed E-state index contributed by atoms with van der Waals surface area (Å²) >= 11 is 0. The fraction of sp³-hybridized carbons (Fsp3) is 0.600. The van der Waals surface area contributed by atoms with Crippen molar-refractivity contribution < 1.29 is 9.53 Å². The maximum atomic E-state index is 13.4. The number of likely N-dealkylation sites (N-methyl/N-ethyl adjacent to an activating group) is 1. The molecule has 0 bridgehead atoms. The third-order valence-corrected chi connectivity index (χ3v) is 4.94. The van der Waals surface area contributed by atoms with Crippen molar-refractivity contribution in [1.82, 2.24) is 24.1 Å². The average Bonchev–Trinajstić information content (AvgIpc) is 3.22. The number of carbonyl (C=O) groups is 1. The highest BCUT2D eigenvalue weighted by atomic mass is 16.5. The van der Waals surface area contributed by atoms with Crippen molar-refractivity contribution >= 4 is 5.91 Å². The second-order valence-electron chi connectivity index (χ2n) is 8.54. The zero-order valence-electron chi connectivity index (χ0n) is 17.2. The van der Waals surface area contributed by atoms with Crippen LogP contribution < -0.4 is 0 Å². The molecule has 1 saturated heterocycles. The Balaban J connectivity index is 1.92. The predicted molar refractivity (Wildman–Crippen MR) is 105 cm³/mol. The highest BCUT2D eigenvalue weighted by Gasteiger charge is 2.38. The minimum Gasteiger partial charge on any atom is -0.373 e. The van der Waals surface area contributed by atoms with Crippen LogP contribution in [0.1, 0.15) is 42.7 Å². The van der Waals surface area contributed by atoms with Crippen molar-refractivity contribution in [2.45, 2.75) is 38.5 Å². The Morgan fingerprint density at radius 1 is 1.33 bits per heavy atom. The molecule has 7 nitrogen and oxygen atoms in total. The van der Waals surface area contributed by atoms with Gasteiger partial charge in [0, 0.05) is 49.8 Å². The van der Waals surface area contributed by atoms with Crippen molar-refractivity contribution in [2.75, 3.05) is 33.8 Å². The molecule has 148 valence electrons. The lowest BCUT2D eigenvalue weighted by atomic mass is 9.99. The van der Waals surface area contributed by atoms with Crippen LogP contribution >= 0.6 is 0 Å². The van der Waals surface area contributed by atoms with Gasteiger partial charge in [0.05, 0.1) is 30.5 Å². The number of hydrogen-bond donors (Lipinski definition) is 0. The first kappa shape index (κ1) is 19.6. The number of ether oxygens (including phenoxy) is 1. The van der Waals surface area contributed by atoms with Gasteiger partial charge < -0.3 is 19.1 Å². The van der Waals surface area contributed by atoms with Gasteiger partial charge in [-0.2, -0.15) is 5.10 Å². The molecule has 1 aliphatic rings. The van der Waals surface area contributed by atoms with E-state index >= 15 is 0 Å². The Morgan fingerprint density at radius 2 is 2.07 bits per heavy atom. The molecular weight excluding hydrogens is 342 g/mol. The lowest BCUT2D eigenvalue weighted by Crippen LogP contribution is -2.51. The number of aromatic nitrogens is 3. The van der Waals surface area contributed by atoms with Crippen LogP contribution in [0.3, 0.4) is 0 Å². The van der Waals surface area contributed by atoms with Crippen LogP contribution in [0.15, 0.2) is 30.9 Å². The molecule has 1 amide bonds. The first-order chi connectivity index (χ1) is 12.7. The van der Waals surface area contributed by atoms with Crippen molar-refractivity contribution in [3.63, 3.8) is 0 Å². The first-order valence-corrected chi connectivity index (χ1v) is 9.41. The molecule has 2 aromatic heterocycles. The molecule has 7 heteroatoms. The van der Waals surface area contributed by atoms with Crippen LogP contribution in [-0.4, -0.2) is 70.0 Å². The summed E-state index contributed by atoms with van der Waals surface area (Å²) in [5.74, 6) is 0.0407. The number of aryl methyl sites for hydroxylation is 1. The van der Waals surface area contributed by atoms with Crippen LogP contribution in [0.25, 0.3) is 0 Å². The molecule has 2 aromatic rings. The maximum absolute atomic E-state index is 13.4. The zero-order chi connectivity index (χ0) is 19.8. The molecule has 0 spiro atoms. The summed E-state index contributed by atoms with van der Waals surface area (Å²) in [6.07, 6.45) is 7.64. The molecule has 27 heavy (non-hydrogen) atoms. The van der Waals surface area contributed by atoms with E-state index in [1.165, 1.54) is 0 Å². The van der Waals surface area contributed by atoms with Crippen molar-refractivity contribution in [3.05, 3.63) is 42.0 Å². The zero-order valence-corrected chi connectivity index (χ0v) is 17.2. The van der Waals surface area contributed by atoms with Crippen molar-refractivity contribution in [2.24, 2.45) is 7.05 Å². The molecule has 1 aliphatic heterocycles. The van der Waals surface area contributed by atoms with E-state index in [0.717, 1.165) is 12.1 Å². The molecule has 3 rings (SSSR count). The topological polar surface area (TPSA) is 55.5 Å². The number of carbonyl (C=O) groups excluding carboxylic acids is 1. The number of morpholine rings is 1. The molecular formula is C20H31N5O2. The maximum Gasteiger partial charge on any atom is 0.256 e. The molecule has 0 aromatic carbocycles. The van der Waals surface area contributed by atoms with E-state index in [1.54, 1.807) is 4.68 Å². The second-order valence-corrected chi connectivity index (χ2v) is 8.54. The van der Waals surface area contributed by atoms with Gasteiger partial charge in [0.1, 0.15) is 0 Å². The van der Waals surface area contributed by atoms with Crippen LogP contribution in [-0.2, 0) is 17.3 Å². The lowest BCUT2D eigenvalue weighted by Gasteiger charge is -2.41. The summed E-state index contributed by atoms with van der Waals surface area (Å²) in [6.45, 7) is 8.24. The normalized spacial score (nSPS) is 21.1. The van der Waals surface area contributed by atoms with Crippen LogP contribution in [0, 0.1) is 0 Å². The standard InChI is InChI=1S/C20H31N5O2/c1-20(2,3)24-8-7-15(13-24)19(26)25-9-10-27-17(14-22(4)5)18(25)16-11-21-23(6)12-16/h7-8,11-13,17-18H,9-10,14H2,1-6H3/t17-,18-/m0/s1. The third kappa shape index (κ3) is 4.25. The van der Waals surface area contributed by atoms with E-state index in [0.29, 0.717) is 18.7 Å². The Bertz CT molecular complexity index is 786. The molecule has 3 heterocycles. The summed E-state index contributed by atoms with van der Waals surface area (Å²) in [5.41, 5.74) is 1.66. The summed E-state index contributed by atoms with van der Waals surface area (Å²) in [4.78, 5) is 17.4. The summed E-state index contributed by atoms with van der Waals surface area (Å²) in [5, 5.41) is 4.31. The fourth-order valence-corrected chi connectivity index (χ4v) is 3.57. The minimum absolute atomic E-state index is 0.0407. The van der Waals surface area contributed by atoms with E-state index in [-0.39, 0.29) is 23.6 Å². The van der Waals surface area contributed by atoms with Crippen molar-refractivity contribution in [3.8, 4) is 0 Å². The molecule has 0 saturated carbocycles. The Morgan fingerprint density at radius 3 is 2.63 bits per heavy atom. The Hall–Kier alpha value is -2.12. The molecule has 0 radical (unpaired) electrons. The van der Waals surface area contributed by atoms with Gasteiger partial charge in [0.2, 0.25) is 0 Å². The van der Waals surface area contributed by atoms with E-state index in [1.807, 2.05) is 56.9 Å². The third-order valence-electron chi connectivity index (χ3n) is 4.94. The molecule has 1 fully saturated rings. The van der Waals surface area contributed by atoms with Gasteiger partial charge in [0.25, 0.3) is 5.91 Å². The van der Waals surface area contributed by atoms with E-state index in [2.05, 4.69) is 35.3 Å². The quantitative estimate of drug-likeness (QED) is 0.824. The largest absolute Gasteiger partial charge is 0.373 e. The molecule has 2 atom stereocenters. The fourth-order valence-electron chi connectivity index (χ4n) is 3.57. The van der Waals surface area contributed by atoms with Gasteiger partial charge in [-0.05, 0) is 40.9 Å². The number of hydrogen-bond acceptors (Lipinski definition) is 4. The van der Waals surface area contributed by atoms with Gasteiger partial charge >= 0.3 is 0 Å². The van der Waals surface area contributed by atoms with Crippen LogP contribution in [0.2, 0.25) is 0 Å². The van der Waals surface area contributed by atoms with Crippen molar-refractivity contribution in [1.29, 1.82) is 0 Å². The second kappa shape index (κ2) is 7.48. The summed E-state index contributed by atoms with van der Waals surface area (Å²) < 4.78 is 9.92. The van der Waals surface area contributed by atoms with Gasteiger partial charge in [-0.25, -0.2) is 0 Å². The van der Waals surface area contributed by atoms with E-state index < -0.39 is 0 Å². The van der Waals surface area contributed by atoms with Crippen LogP contribution in [0.5, 0.6) is 0 Å². The van der Waals surface area contributed by atoms with E-state index in [9.17, 15) is 4.79 Å². The highest BCUT2D eigenvalue weighted by Crippen LogP contribution is 2.31. The summed E-state index contributed by atoms with van der Waals surface area (Å²) in [7, 11) is 5.94. The average molecular weight is 374 g/mol. The van der Waals surface area contributed by atoms with Gasteiger partial charge in [-0.15, -0.1) is 0 Å².